The molecule has 1 aromatic heterocycles. The molecule has 0 bridgehead atoms. The van der Waals surface area contributed by atoms with Gasteiger partial charge in [-0.15, -0.1) is 11.8 Å². The van der Waals surface area contributed by atoms with Crippen LogP contribution in [0.4, 0.5) is 0 Å². The predicted octanol–water partition coefficient (Wildman–Crippen LogP) is 5.29. The van der Waals surface area contributed by atoms with Gasteiger partial charge in [-0.1, -0.05) is 42.8 Å². The number of aromatic nitrogens is 1. The Morgan fingerprint density at radius 3 is 2.57 bits per heavy atom. The summed E-state index contributed by atoms with van der Waals surface area (Å²) >= 11 is 7.78. The van der Waals surface area contributed by atoms with E-state index in [4.69, 9.17) is 11.6 Å². The van der Waals surface area contributed by atoms with E-state index in [0.29, 0.717) is 12.1 Å². The normalized spacial score (nSPS) is 13.3. The largest absolute Gasteiger partial charge is 0.348 e. The number of rotatable bonds is 7. The maximum Gasteiger partial charge on any atom is 0.253 e. The Morgan fingerprint density at radius 1 is 1.10 bits per heavy atom. The molecular formula is C24H24ClN3OS. The van der Waals surface area contributed by atoms with E-state index in [1.165, 1.54) is 10.5 Å². The smallest absolute Gasteiger partial charge is 0.253 e. The number of halogens is 1. The summed E-state index contributed by atoms with van der Waals surface area (Å²) < 4.78 is 0. The minimum absolute atomic E-state index is 0.0894. The Hall–Kier alpha value is -2.34. The molecule has 0 unspecified atom stereocenters. The molecule has 3 aromatic rings. The third kappa shape index (κ3) is 5.22. The molecule has 0 saturated heterocycles. The van der Waals surface area contributed by atoms with E-state index < -0.39 is 0 Å². The van der Waals surface area contributed by atoms with Crippen molar-refractivity contribution in [3.8, 4) is 0 Å². The highest BCUT2D eigenvalue weighted by molar-refractivity contribution is 7.99. The number of carbonyl (C=O) groups is 1. The van der Waals surface area contributed by atoms with E-state index in [1.54, 1.807) is 6.20 Å². The molecule has 0 saturated carbocycles. The van der Waals surface area contributed by atoms with Crippen LogP contribution in [-0.2, 0) is 26.2 Å². The summed E-state index contributed by atoms with van der Waals surface area (Å²) in [7, 11) is 0. The van der Waals surface area contributed by atoms with Crippen molar-refractivity contribution < 1.29 is 4.79 Å². The van der Waals surface area contributed by atoms with Crippen LogP contribution in [0.2, 0.25) is 5.02 Å². The fourth-order valence-electron chi connectivity index (χ4n) is 3.57. The van der Waals surface area contributed by atoms with Gasteiger partial charge in [0.2, 0.25) is 0 Å². The molecule has 0 atom stereocenters. The molecule has 4 nitrogen and oxygen atoms in total. The molecule has 1 aliphatic heterocycles. The fraction of sp³-hybridized carbons (Fsp3) is 0.250. The number of carbonyl (C=O) groups excluding carboxylic acids is 1. The number of nitrogens with zero attached hydrogens (tertiary/aromatic N) is 2. The first-order chi connectivity index (χ1) is 14.6. The Morgan fingerprint density at radius 2 is 1.83 bits per heavy atom. The maximum atomic E-state index is 12.6. The molecule has 30 heavy (non-hydrogen) atoms. The van der Waals surface area contributed by atoms with Gasteiger partial charge in [0.05, 0.1) is 11.3 Å². The lowest BCUT2D eigenvalue weighted by molar-refractivity contribution is 0.0950. The van der Waals surface area contributed by atoms with E-state index in [-0.39, 0.29) is 5.91 Å². The van der Waals surface area contributed by atoms with Crippen molar-refractivity contribution in [3.63, 3.8) is 0 Å². The number of fused-ring (bicyclic) bond motifs is 1. The van der Waals surface area contributed by atoms with E-state index in [9.17, 15) is 4.79 Å². The van der Waals surface area contributed by atoms with Crippen LogP contribution >= 0.6 is 23.4 Å². The van der Waals surface area contributed by atoms with Gasteiger partial charge in [0.25, 0.3) is 5.91 Å². The van der Waals surface area contributed by atoms with Crippen molar-refractivity contribution in [1.29, 1.82) is 0 Å². The van der Waals surface area contributed by atoms with Crippen molar-refractivity contribution >= 4 is 29.3 Å². The molecule has 1 aliphatic rings. The topological polar surface area (TPSA) is 45.2 Å². The lowest BCUT2D eigenvalue weighted by Crippen LogP contribution is -2.23. The highest BCUT2D eigenvalue weighted by Gasteiger charge is 2.21. The zero-order chi connectivity index (χ0) is 20.9. The van der Waals surface area contributed by atoms with Gasteiger partial charge in [-0.2, -0.15) is 0 Å². The van der Waals surface area contributed by atoms with E-state index >= 15 is 0 Å². The zero-order valence-corrected chi connectivity index (χ0v) is 18.5. The second-order valence-electron chi connectivity index (χ2n) is 7.36. The molecule has 0 fully saturated rings. The second-order valence-corrected chi connectivity index (χ2v) is 9.13. The number of pyridine rings is 1. The van der Waals surface area contributed by atoms with Gasteiger partial charge in [-0.25, -0.2) is 0 Å². The SMILES string of the molecule is CCSc1ccc(CNC(=O)c2cnc3c(c2)CN(Cc2ccc(Cl)cc2)C3)cc1. The Bertz CT molecular complexity index is 1020. The van der Waals surface area contributed by atoms with Crippen LogP contribution in [0, 0.1) is 0 Å². The van der Waals surface area contributed by atoms with Crippen LogP contribution in [0.1, 0.15) is 39.7 Å². The molecule has 2 aromatic carbocycles. The third-order valence-electron chi connectivity index (χ3n) is 5.10. The van der Waals surface area contributed by atoms with Gasteiger partial charge >= 0.3 is 0 Å². The summed E-state index contributed by atoms with van der Waals surface area (Å²) in [5, 5.41) is 3.75. The molecule has 2 heterocycles. The molecule has 1 amide bonds. The van der Waals surface area contributed by atoms with Crippen molar-refractivity contribution in [2.24, 2.45) is 0 Å². The Balaban J connectivity index is 1.34. The highest BCUT2D eigenvalue weighted by atomic mass is 35.5. The molecular weight excluding hydrogens is 414 g/mol. The van der Waals surface area contributed by atoms with E-state index in [2.05, 4.69) is 46.4 Å². The number of amides is 1. The minimum Gasteiger partial charge on any atom is -0.348 e. The maximum absolute atomic E-state index is 12.6. The lowest BCUT2D eigenvalue weighted by Gasteiger charge is -2.14. The van der Waals surface area contributed by atoms with Crippen LogP contribution in [0.25, 0.3) is 0 Å². The molecule has 154 valence electrons. The van der Waals surface area contributed by atoms with Gasteiger partial charge in [-0.05, 0) is 52.8 Å². The van der Waals surface area contributed by atoms with Crippen molar-refractivity contribution in [1.82, 2.24) is 15.2 Å². The van der Waals surface area contributed by atoms with Crippen LogP contribution in [0.5, 0.6) is 0 Å². The lowest BCUT2D eigenvalue weighted by atomic mass is 10.1. The monoisotopic (exact) mass is 437 g/mol. The first-order valence-corrected chi connectivity index (χ1v) is 11.4. The average Bonchev–Trinajstić information content (AvgIpc) is 3.16. The summed E-state index contributed by atoms with van der Waals surface area (Å²) in [6, 6.07) is 18.2. The first-order valence-electron chi connectivity index (χ1n) is 10.1. The van der Waals surface area contributed by atoms with Gasteiger partial charge in [0, 0.05) is 42.3 Å². The van der Waals surface area contributed by atoms with Crippen LogP contribution in [0.3, 0.4) is 0 Å². The van der Waals surface area contributed by atoms with Crippen LogP contribution < -0.4 is 5.32 Å². The number of thioether (sulfide) groups is 1. The Kier molecular flexibility index (Phi) is 6.72. The van der Waals surface area contributed by atoms with Crippen molar-refractivity contribution in [2.45, 2.75) is 38.0 Å². The predicted molar refractivity (Wildman–Crippen MR) is 123 cm³/mol. The number of nitrogens with one attached hydrogen (secondary N) is 1. The molecule has 6 heteroatoms. The number of hydrogen-bond donors (Lipinski definition) is 1. The zero-order valence-electron chi connectivity index (χ0n) is 16.9. The summed E-state index contributed by atoms with van der Waals surface area (Å²) in [6.07, 6.45) is 1.68. The first kappa shape index (κ1) is 20.9. The molecule has 0 radical (unpaired) electrons. The number of hydrogen-bond acceptors (Lipinski definition) is 4. The summed E-state index contributed by atoms with van der Waals surface area (Å²) in [4.78, 5) is 20.7. The summed E-state index contributed by atoms with van der Waals surface area (Å²) in [6.45, 7) is 5.07. The standard InChI is InChI=1S/C24H24ClN3OS/c1-2-30-22-9-5-17(6-10-22)12-27-24(29)19-11-20-15-28(16-23(20)26-13-19)14-18-3-7-21(25)8-4-18/h3-11,13H,2,12,14-16H2,1H3,(H,27,29). The highest BCUT2D eigenvalue weighted by Crippen LogP contribution is 2.24. The van der Waals surface area contributed by atoms with Crippen LogP contribution in [-0.4, -0.2) is 21.5 Å². The molecule has 0 spiro atoms. The third-order valence-corrected chi connectivity index (χ3v) is 6.24. The summed E-state index contributed by atoms with van der Waals surface area (Å²) in [5.74, 6) is 0.965. The minimum atomic E-state index is -0.0894. The van der Waals surface area contributed by atoms with Gasteiger partial charge in [0.1, 0.15) is 0 Å². The van der Waals surface area contributed by atoms with E-state index in [0.717, 1.165) is 47.2 Å². The van der Waals surface area contributed by atoms with Gasteiger partial charge < -0.3 is 5.32 Å². The number of benzene rings is 2. The van der Waals surface area contributed by atoms with Crippen molar-refractivity contribution in [3.05, 3.63) is 93.8 Å². The van der Waals surface area contributed by atoms with Gasteiger partial charge in [-0.3, -0.25) is 14.7 Å². The van der Waals surface area contributed by atoms with Gasteiger partial charge in [0.15, 0.2) is 0 Å². The Labute approximate surface area is 186 Å². The second kappa shape index (κ2) is 9.65. The quantitative estimate of drug-likeness (QED) is 0.510. The van der Waals surface area contributed by atoms with Crippen LogP contribution in [0.15, 0.2) is 65.7 Å². The van der Waals surface area contributed by atoms with Crippen molar-refractivity contribution in [2.75, 3.05) is 5.75 Å². The van der Waals surface area contributed by atoms with E-state index in [1.807, 2.05) is 42.1 Å². The molecule has 4 rings (SSSR count). The molecule has 0 aliphatic carbocycles. The summed E-state index contributed by atoms with van der Waals surface area (Å²) in [5.41, 5.74) is 5.09. The molecule has 1 N–H and O–H groups in total. The fourth-order valence-corrected chi connectivity index (χ4v) is 4.35. The average molecular weight is 438 g/mol.